The molecule has 3 nitrogen and oxygen atoms in total. The third-order valence-electron chi connectivity index (χ3n) is 4.28. The molecule has 1 aromatic carbocycles. The summed E-state index contributed by atoms with van der Waals surface area (Å²) in [6, 6.07) is 6.88. The van der Waals surface area contributed by atoms with E-state index in [1.54, 1.807) is 12.1 Å². The lowest BCUT2D eigenvalue weighted by Gasteiger charge is -2.18. The zero-order chi connectivity index (χ0) is 16.5. The van der Waals surface area contributed by atoms with Crippen LogP contribution >= 0.6 is 0 Å². The standard InChI is InChI=1S/C19H28O3S/c1-17-13-15-19(16-14-17)23(20,21)22-18-11-9-7-5-3-2-4-6-8-10-12-18/h2-3,13-16,18H,4-12H2,1H3/b3-2-. The summed E-state index contributed by atoms with van der Waals surface area (Å²) in [5, 5.41) is 0. The van der Waals surface area contributed by atoms with E-state index in [4.69, 9.17) is 4.18 Å². The third kappa shape index (κ3) is 6.48. The molecule has 2 rings (SSSR count). The van der Waals surface area contributed by atoms with E-state index in [1.165, 1.54) is 6.42 Å². The Kier molecular flexibility index (Phi) is 7.31. The van der Waals surface area contributed by atoms with Crippen LogP contribution in [0.4, 0.5) is 0 Å². The summed E-state index contributed by atoms with van der Waals surface area (Å²) in [6.07, 6.45) is 13.6. The van der Waals surface area contributed by atoms with Crippen LogP contribution in [0.2, 0.25) is 0 Å². The maximum atomic E-state index is 12.5. The van der Waals surface area contributed by atoms with Crippen LogP contribution in [0.15, 0.2) is 41.3 Å². The van der Waals surface area contributed by atoms with Crippen LogP contribution in [0.5, 0.6) is 0 Å². The van der Waals surface area contributed by atoms with Gasteiger partial charge in [0.05, 0.1) is 11.0 Å². The molecule has 1 atom stereocenters. The molecule has 1 aliphatic rings. The molecular weight excluding hydrogens is 308 g/mol. The normalized spacial score (nSPS) is 22.7. The molecule has 0 amide bonds. The molecule has 4 heteroatoms. The number of benzene rings is 1. The summed E-state index contributed by atoms with van der Waals surface area (Å²) in [6.45, 7) is 1.94. The van der Waals surface area contributed by atoms with Crippen molar-refractivity contribution >= 4 is 10.1 Å². The lowest BCUT2D eigenvalue weighted by Crippen LogP contribution is -2.19. The van der Waals surface area contributed by atoms with Crippen molar-refractivity contribution in [1.82, 2.24) is 0 Å². The fraction of sp³-hybridized carbons (Fsp3) is 0.579. The van der Waals surface area contributed by atoms with Crippen molar-refractivity contribution in [3.63, 3.8) is 0 Å². The Bertz CT molecular complexity index is 588. The quantitative estimate of drug-likeness (QED) is 0.566. The number of rotatable bonds is 3. The maximum Gasteiger partial charge on any atom is 0.297 e. The molecule has 0 heterocycles. The Labute approximate surface area is 140 Å². The van der Waals surface area contributed by atoms with E-state index in [0.717, 1.165) is 56.9 Å². The van der Waals surface area contributed by atoms with Crippen LogP contribution in [0.25, 0.3) is 0 Å². The van der Waals surface area contributed by atoms with E-state index in [9.17, 15) is 8.42 Å². The summed E-state index contributed by atoms with van der Waals surface area (Å²) >= 11 is 0. The highest BCUT2D eigenvalue weighted by atomic mass is 32.2. The second-order valence-electron chi connectivity index (χ2n) is 6.38. The van der Waals surface area contributed by atoms with Gasteiger partial charge in [0.2, 0.25) is 0 Å². The van der Waals surface area contributed by atoms with Crippen molar-refractivity contribution in [1.29, 1.82) is 0 Å². The molecule has 23 heavy (non-hydrogen) atoms. The largest absolute Gasteiger partial charge is 0.297 e. The van der Waals surface area contributed by atoms with E-state index < -0.39 is 10.1 Å². The molecule has 0 bridgehead atoms. The molecular formula is C19H28O3S. The Balaban J connectivity index is 1.99. The molecule has 1 aliphatic carbocycles. The minimum absolute atomic E-state index is 0.190. The van der Waals surface area contributed by atoms with Crippen molar-refractivity contribution in [2.45, 2.75) is 75.7 Å². The predicted octanol–water partition coefficient (Wildman–Crippen LogP) is 5.15. The second kappa shape index (κ2) is 9.24. The number of allylic oxidation sites excluding steroid dienone is 2. The van der Waals surface area contributed by atoms with E-state index in [0.29, 0.717) is 0 Å². The number of hydrogen-bond acceptors (Lipinski definition) is 3. The molecule has 0 fully saturated rings. The zero-order valence-electron chi connectivity index (χ0n) is 14.0. The van der Waals surface area contributed by atoms with Crippen molar-refractivity contribution in [2.24, 2.45) is 0 Å². The molecule has 1 unspecified atom stereocenters. The SMILES string of the molecule is Cc1ccc(S(=O)(=O)OC2CCCC/C=C\CCCCC2)cc1. The van der Waals surface area contributed by atoms with Gasteiger partial charge < -0.3 is 0 Å². The van der Waals surface area contributed by atoms with Gasteiger partial charge >= 0.3 is 0 Å². The number of hydrogen-bond donors (Lipinski definition) is 0. The van der Waals surface area contributed by atoms with Gasteiger partial charge in [-0.05, 0) is 57.6 Å². The fourth-order valence-corrected chi connectivity index (χ4v) is 3.99. The smallest absolute Gasteiger partial charge is 0.263 e. The van der Waals surface area contributed by atoms with E-state index in [-0.39, 0.29) is 11.0 Å². The van der Waals surface area contributed by atoms with Crippen molar-refractivity contribution in [3.05, 3.63) is 42.0 Å². The topological polar surface area (TPSA) is 43.4 Å². The van der Waals surface area contributed by atoms with Gasteiger partial charge in [0.15, 0.2) is 0 Å². The Morgan fingerprint density at radius 3 is 2.09 bits per heavy atom. The first-order valence-corrected chi connectivity index (χ1v) is 10.1. The fourth-order valence-electron chi connectivity index (χ4n) is 2.86. The monoisotopic (exact) mass is 336 g/mol. The van der Waals surface area contributed by atoms with Gasteiger partial charge in [0.25, 0.3) is 10.1 Å². The molecule has 0 saturated carbocycles. The summed E-state index contributed by atoms with van der Waals surface area (Å²) in [7, 11) is -3.66. The summed E-state index contributed by atoms with van der Waals surface area (Å²) in [5.74, 6) is 0. The average molecular weight is 336 g/mol. The third-order valence-corrected chi connectivity index (χ3v) is 5.66. The van der Waals surface area contributed by atoms with Crippen molar-refractivity contribution < 1.29 is 12.6 Å². The van der Waals surface area contributed by atoms with Crippen LogP contribution in [-0.4, -0.2) is 14.5 Å². The van der Waals surface area contributed by atoms with Gasteiger partial charge in [-0.1, -0.05) is 49.1 Å². The molecule has 0 aliphatic heterocycles. The molecule has 0 aromatic heterocycles. The minimum Gasteiger partial charge on any atom is -0.263 e. The summed E-state index contributed by atoms with van der Waals surface area (Å²) in [4.78, 5) is 0.261. The molecule has 0 N–H and O–H groups in total. The van der Waals surface area contributed by atoms with Gasteiger partial charge in [-0.3, -0.25) is 4.18 Å². The van der Waals surface area contributed by atoms with Crippen LogP contribution in [-0.2, 0) is 14.3 Å². The lowest BCUT2D eigenvalue weighted by molar-refractivity contribution is 0.180. The van der Waals surface area contributed by atoms with Gasteiger partial charge in [-0.15, -0.1) is 0 Å². The highest BCUT2D eigenvalue weighted by Crippen LogP contribution is 2.22. The zero-order valence-corrected chi connectivity index (χ0v) is 14.9. The second-order valence-corrected chi connectivity index (χ2v) is 7.95. The highest BCUT2D eigenvalue weighted by molar-refractivity contribution is 7.86. The van der Waals surface area contributed by atoms with E-state index >= 15 is 0 Å². The van der Waals surface area contributed by atoms with Crippen molar-refractivity contribution in [2.75, 3.05) is 0 Å². The molecule has 1 aromatic rings. The summed E-state index contributed by atoms with van der Waals surface area (Å²) in [5.41, 5.74) is 1.04. The lowest BCUT2D eigenvalue weighted by atomic mass is 10.0. The molecule has 0 saturated heterocycles. The Hall–Kier alpha value is -1.13. The Morgan fingerprint density at radius 1 is 0.870 bits per heavy atom. The average Bonchev–Trinajstić information content (AvgIpc) is 2.50. The highest BCUT2D eigenvalue weighted by Gasteiger charge is 2.21. The van der Waals surface area contributed by atoms with Gasteiger partial charge in [0, 0.05) is 0 Å². The molecule has 128 valence electrons. The van der Waals surface area contributed by atoms with Crippen LogP contribution in [0, 0.1) is 6.92 Å². The first-order chi connectivity index (χ1) is 11.1. The van der Waals surface area contributed by atoms with Crippen molar-refractivity contribution in [3.8, 4) is 0 Å². The first kappa shape index (κ1) is 18.2. The molecule has 0 radical (unpaired) electrons. The van der Waals surface area contributed by atoms with E-state index in [2.05, 4.69) is 12.2 Å². The Morgan fingerprint density at radius 2 is 1.43 bits per heavy atom. The first-order valence-electron chi connectivity index (χ1n) is 8.73. The molecule has 0 spiro atoms. The van der Waals surface area contributed by atoms with Crippen LogP contribution in [0.1, 0.15) is 63.4 Å². The minimum atomic E-state index is -3.66. The van der Waals surface area contributed by atoms with Crippen LogP contribution < -0.4 is 0 Å². The predicted molar refractivity (Wildman–Crippen MR) is 93.9 cm³/mol. The van der Waals surface area contributed by atoms with Crippen LogP contribution in [0.3, 0.4) is 0 Å². The van der Waals surface area contributed by atoms with E-state index in [1.807, 2.05) is 19.1 Å². The maximum absolute atomic E-state index is 12.5. The van der Waals surface area contributed by atoms with Gasteiger partial charge in [-0.25, -0.2) is 0 Å². The van der Waals surface area contributed by atoms with Gasteiger partial charge in [0.1, 0.15) is 0 Å². The summed E-state index contributed by atoms with van der Waals surface area (Å²) < 4.78 is 30.5. The van der Waals surface area contributed by atoms with Gasteiger partial charge in [-0.2, -0.15) is 8.42 Å². The number of aryl methyl sites for hydroxylation is 1.